The number of benzene rings is 1. The van der Waals surface area contributed by atoms with Crippen LogP contribution < -0.4 is 21.3 Å². The van der Waals surface area contributed by atoms with Crippen molar-refractivity contribution in [1.82, 2.24) is 16.0 Å². The van der Waals surface area contributed by atoms with E-state index >= 15 is 0 Å². The fourth-order valence-corrected chi connectivity index (χ4v) is 5.08. The Hall–Kier alpha value is -2.94. The van der Waals surface area contributed by atoms with Gasteiger partial charge in [-0.15, -0.1) is 0 Å². The molecule has 2 heterocycles. The van der Waals surface area contributed by atoms with Crippen LogP contribution >= 0.6 is 0 Å². The van der Waals surface area contributed by atoms with Crippen LogP contribution in [0.5, 0.6) is 0 Å². The summed E-state index contributed by atoms with van der Waals surface area (Å²) >= 11 is 0. The van der Waals surface area contributed by atoms with Crippen LogP contribution in [0.4, 0.5) is 10.5 Å². The number of amides is 4. The predicted octanol–water partition coefficient (Wildman–Crippen LogP) is 2.25. The molecule has 3 aliphatic rings. The van der Waals surface area contributed by atoms with E-state index in [1.165, 1.54) is 0 Å². The van der Waals surface area contributed by atoms with Gasteiger partial charge in [0.2, 0.25) is 5.91 Å². The van der Waals surface area contributed by atoms with E-state index in [2.05, 4.69) is 28.2 Å². The van der Waals surface area contributed by atoms with Gasteiger partial charge in [0.1, 0.15) is 18.7 Å². The fourth-order valence-electron chi connectivity index (χ4n) is 5.08. The summed E-state index contributed by atoms with van der Waals surface area (Å²) in [6, 6.07) is 3.31. The Morgan fingerprint density at radius 2 is 2.00 bits per heavy atom. The lowest BCUT2D eigenvalue weighted by molar-refractivity contribution is -0.128. The summed E-state index contributed by atoms with van der Waals surface area (Å²) in [4.78, 5) is 50.1. The van der Waals surface area contributed by atoms with Crippen LogP contribution in [0.2, 0.25) is 0 Å². The lowest BCUT2D eigenvalue weighted by Gasteiger charge is -2.30. The molecule has 33 heavy (non-hydrogen) atoms. The second kappa shape index (κ2) is 9.51. The van der Waals surface area contributed by atoms with Gasteiger partial charge < -0.3 is 26.0 Å². The fraction of sp³-hybridized carbons (Fsp3) is 0.583. The molecule has 178 valence electrons. The van der Waals surface area contributed by atoms with Gasteiger partial charge in [-0.05, 0) is 54.9 Å². The number of anilines is 1. The zero-order valence-electron chi connectivity index (χ0n) is 19.2. The first-order valence-corrected chi connectivity index (χ1v) is 11.7. The van der Waals surface area contributed by atoms with Gasteiger partial charge in [0.25, 0.3) is 5.91 Å². The number of carbonyl (C=O) groups excluding carboxylic acids is 4. The van der Waals surface area contributed by atoms with Gasteiger partial charge in [-0.2, -0.15) is 0 Å². The topological polar surface area (TPSA) is 126 Å². The van der Waals surface area contributed by atoms with Gasteiger partial charge in [-0.3, -0.25) is 14.4 Å². The SMILES string of the molecule is CC[C@@H]1OCC(=O)[C@H]1NC(=O)C(CC1(C)CCCC1)NC(=O)c1ccc2c(c1)CNC(=O)N2. The van der Waals surface area contributed by atoms with Gasteiger partial charge in [0.15, 0.2) is 5.78 Å². The first-order valence-electron chi connectivity index (χ1n) is 11.7. The zero-order valence-corrected chi connectivity index (χ0v) is 19.2. The van der Waals surface area contributed by atoms with Gasteiger partial charge in [0.05, 0.1) is 6.10 Å². The molecule has 1 unspecified atom stereocenters. The van der Waals surface area contributed by atoms with Crippen molar-refractivity contribution < 1.29 is 23.9 Å². The highest BCUT2D eigenvalue weighted by atomic mass is 16.5. The number of hydrogen-bond donors (Lipinski definition) is 4. The predicted molar refractivity (Wildman–Crippen MR) is 122 cm³/mol. The Kier molecular flexibility index (Phi) is 6.69. The van der Waals surface area contributed by atoms with Crippen LogP contribution in [0.15, 0.2) is 18.2 Å². The molecule has 1 saturated heterocycles. The number of ether oxygens (including phenoxy) is 1. The molecule has 0 radical (unpaired) electrons. The number of fused-ring (bicyclic) bond motifs is 1. The lowest BCUT2D eigenvalue weighted by Crippen LogP contribution is -2.54. The summed E-state index contributed by atoms with van der Waals surface area (Å²) < 4.78 is 5.48. The molecule has 1 aromatic rings. The largest absolute Gasteiger partial charge is 0.368 e. The molecule has 0 spiro atoms. The van der Waals surface area contributed by atoms with Crippen LogP contribution in [0, 0.1) is 5.41 Å². The number of hydrogen-bond acceptors (Lipinski definition) is 5. The zero-order chi connectivity index (χ0) is 23.6. The molecule has 1 aliphatic carbocycles. The quantitative estimate of drug-likeness (QED) is 0.501. The molecule has 3 atom stereocenters. The Labute approximate surface area is 193 Å². The third kappa shape index (κ3) is 5.19. The van der Waals surface area contributed by atoms with Crippen molar-refractivity contribution in [2.24, 2.45) is 5.41 Å². The number of rotatable bonds is 7. The van der Waals surface area contributed by atoms with Crippen LogP contribution in [-0.4, -0.2) is 48.4 Å². The third-order valence-corrected chi connectivity index (χ3v) is 7.04. The Morgan fingerprint density at radius 1 is 1.24 bits per heavy atom. The summed E-state index contributed by atoms with van der Waals surface area (Å²) in [6.07, 6.45) is 4.99. The number of urea groups is 1. The standard InChI is InChI=1S/C24H32N4O5/c1-3-19-20(18(29)13-33-19)28-22(31)17(11-24(2)8-4-5-9-24)26-21(30)14-6-7-16-15(10-14)12-25-23(32)27-16/h6-7,10,17,19-20H,3-5,8-9,11-13H2,1-2H3,(H,26,30)(H,28,31)(H2,25,27,32)/t17?,19-,20+/m0/s1. The monoisotopic (exact) mass is 456 g/mol. The maximum atomic E-state index is 13.3. The van der Waals surface area contributed by atoms with E-state index in [0.717, 1.165) is 31.2 Å². The molecule has 1 saturated carbocycles. The maximum Gasteiger partial charge on any atom is 0.319 e. The summed E-state index contributed by atoms with van der Waals surface area (Å²) in [7, 11) is 0. The van der Waals surface area contributed by atoms with Crippen molar-refractivity contribution in [3.63, 3.8) is 0 Å². The number of carbonyl (C=O) groups is 4. The van der Waals surface area contributed by atoms with Crippen molar-refractivity contribution in [1.29, 1.82) is 0 Å². The van der Waals surface area contributed by atoms with E-state index in [1.54, 1.807) is 18.2 Å². The second-order valence-corrected chi connectivity index (χ2v) is 9.64. The average molecular weight is 457 g/mol. The Balaban J connectivity index is 1.50. The van der Waals surface area contributed by atoms with Crippen molar-refractivity contribution in [3.8, 4) is 0 Å². The third-order valence-electron chi connectivity index (χ3n) is 7.04. The van der Waals surface area contributed by atoms with Crippen LogP contribution in [0.3, 0.4) is 0 Å². The highest BCUT2D eigenvalue weighted by Gasteiger charge is 2.40. The molecular formula is C24H32N4O5. The minimum atomic E-state index is -0.764. The molecule has 2 fully saturated rings. The number of Topliss-reactive ketones (excluding diaryl/α,β-unsaturated/α-hetero) is 1. The molecule has 2 aliphatic heterocycles. The minimum absolute atomic E-state index is 0.00209. The molecule has 9 heteroatoms. The van der Waals surface area contributed by atoms with Gasteiger partial charge >= 0.3 is 6.03 Å². The molecule has 0 bridgehead atoms. The van der Waals surface area contributed by atoms with Crippen molar-refractivity contribution >= 4 is 29.3 Å². The Bertz CT molecular complexity index is 956. The van der Waals surface area contributed by atoms with Crippen LogP contribution in [0.25, 0.3) is 0 Å². The highest BCUT2D eigenvalue weighted by Crippen LogP contribution is 2.41. The van der Waals surface area contributed by atoms with Crippen molar-refractivity contribution in [2.75, 3.05) is 11.9 Å². The van der Waals surface area contributed by atoms with Gasteiger partial charge in [-0.1, -0.05) is 26.7 Å². The molecular weight excluding hydrogens is 424 g/mol. The van der Waals surface area contributed by atoms with E-state index in [0.29, 0.717) is 30.6 Å². The summed E-state index contributed by atoms with van der Waals surface area (Å²) in [5, 5.41) is 11.1. The summed E-state index contributed by atoms with van der Waals surface area (Å²) in [5.41, 5.74) is 1.83. The summed E-state index contributed by atoms with van der Waals surface area (Å²) in [5.74, 6) is -0.861. The smallest absolute Gasteiger partial charge is 0.319 e. The lowest BCUT2D eigenvalue weighted by atomic mass is 9.81. The van der Waals surface area contributed by atoms with Crippen molar-refractivity contribution in [3.05, 3.63) is 29.3 Å². The minimum Gasteiger partial charge on any atom is -0.368 e. The van der Waals surface area contributed by atoms with E-state index in [9.17, 15) is 19.2 Å². The first kappa shape index (κ1) is 23.2. The number of ketones is 1. The molecule has 0 aromatic heterocycles. The van der Waals surface area contributed by atoms with E-state index in [1.807, 2.05) is 6.92 Å². The van der Waals surface area contributed by atoms with Gasteiger partial charge in [0, 0.05) is 17.8 Å². The van der Waals surface area contributed by atoms with E-state index in [-0.39, 0.29) is 41.8 Å². The summed E-state index contributed by atoms with van der Waals surface area (Å²) in [6.45, 7) is 4.39. The second-order valence-electron chi connectivity index (χ2n) is 9.64. The average Bonchev–Trinajstić information content (AvgIpc) is 3.38. The molecule has 9 nitrogen and oxygen atoms in total. The van der Waals surface area contributed by atoms with Gasteiger partial charge in [-0.25, -0.2) is 4.79 Å². The van der Waals surface area contributed by atoms with E-state index in [4.69, 9.17) is 4.74 Å². The Morgan fingerprint density at radius 3 is 2.73 bits per heavy atom. The number of nitrogens with one attached hydrogen (secondary N) is 4. The molecule has 4 amide bonds. The maximum absolute atomic E-state index is 13.3. The molecule has 4 rings (SSSR count). The first-order chi connectivity index (χ1) is 15.8. The van der Waals surface area contributed by atoms with Crippen LogP contribution in [0.1, 0.15) is 68.3 Å². The van der Waals surface area contributed by atoms with Crippen LogP contribution in [-0.2, 0) is 20.9 Å². The van der Waals surface area contributed by atoms with E-state index < -0.39 is 12.1 Å². The normalized spacial score (nSPS) is 24.4. The van der Waals surface area contributed by atoms with Crippen molar-refractivity contribution in [2.45, 2.75) is 77.1 Å². The molecule has 1 aromatic carbocycles. The highest BCUT2D eigenvalue weighted by molar-refractivity contribution is 6.00. The molecule has 4 N–H and O–H groups in total.